The zero-order chi connectivity index (χ0) is 13.7. The van der Waals surface area contributed by atoms with Crippen LogP contribution in [-0.4, -0.2) is 17.8 Å². The fraction of sp³-hybridized carbons (Fsp3) is 0.462. The van der Waals surface area contributed by atoms with Crippen LogP contribution < -0.4 is 5.32 Å². The van der Waals surface area contributed by atoms with Gasteiger partial charge in [0, 0.05) is 17.5 Å². The molecule has 0 saturated carbocycles. The van der Waals surface area contributed by atoms with Crippen molar-refractivity contribution >= 4 is 29.1 Å². The number of benzene rings is 1. The van der Waals surface area contributed by atoms with Crippen LogP contribution in [0.5, 0.6) is 0 Å². The first-order valence-corrected chi connectivity index (χ1v) is 6.68. The van der Waals surface area contributed by atoms with Crippen molar-refractivity contribution < 1.29 is 9.18 Å². The highest BCUT2D eigenvalue weighted by Gasteiger charge is 2.17. The molecule has 0 heterocycles. The predicted molar refractivity (Wildman–Crippen MR) is 72.8 cm³/mol. The lowest BCUT2D eigenvalue weighted by Gasteiger charge is -2.21. The fourth-order valence-corrected chi connectivity index (χ4v) is 1.93. The summed E-state index contributed by atoms with van der Waals surface area (Å²) in [4.78, 5) is 11.9. The maximum Gasteiger partial charge on any atom is 0.251 e. The average molecular weight is 292 g/mol. The van der Waals surface area contributed by atoms with E-state index in [2.05, 4.69) is 5.32 Å². The van der Waals surface area contributed by atoms with Crippen LogP contribution in [0.2, 0.25) is 5.02 Å². The van der Waals surface area contributed by atoms with Crippen molar-refractivity contribution in [1.82, 2.24) is 5.32 Å². The zero-order valence-electron chi connectivity index (χ0n) is 10.3. The molecule has 5 heteroatoms. The number of rotatable bonds is 5. The molecule has 2 nitrogen and oxygen atoms in total. The molecule has 1 aromatic carbocycles. The number of hydrogen-bond acceptors (Lipinski definition) is 1. The Balaban J connectivity index is 2.77. The van der Waals surface area contributed by atoms with Crippen LogP contribution in [0.15, 0.2) is 18.2 Å². The lowest BCUT2D eigenvalue weighted by atomic mass is 10.0. The summed E-state index contributed by atoms with van der Waals surface area (Å²) < 4.78 is 13.3. The summed E-state index contributed by atoms with van der Waals surface area (Å²) in [5.41, 5.74) is 0.261. The van der Waals surface area contributed by atoms with Crippen LogP contribution in [0, 0.1) is 11.7 Å². The minimum atomic E-state index is -0.595. The number of hydrogen-bond donors (Lipinski definition) is 1. The number of carbonyl (C=O) groups is 1. The summed E-state index contributed by atoms with van der Waals surface area (Å²) in [5.74, 6) is -0.167. The fourth-order valence-electron chi connectivity index (χ4n) is 1.58. The SMILES string of the molecule is CC(C)C(CCCl)NC(=O)c1ccc(Cl)c(F)c1. The summed E-state index contributed by atoms with van der Waals surface area (Å²) in [6.07, 6.45) is 0.682. The second kappa shape index (κ2) is 6.95. The second-order valence-electron chi connectivity index (χ2n) is 4.43. The summed E-state index contributed by atoms with van der Waals surface area (Å²) in [5, 5.41) is 2.85. The molecule has 0 aliphatic carbocycles. The van der Waals surface area contributed by atoms with Gasteiger partial charge in [0.05, 0.1) is 5.02 Å². The van der Waals surface area contributed by atoms with Crippen LogP contribution in [0.25, 0.3) is 0 Å². The quantitative estimate of drug-likeness (QED) is 0.820. The van der Waals surface area contributed by atoms with Gasteiger partial charge in [-0.15, -0.1) is 11.6 Å². The Labute approximate surface area is 116 Å². The minimum Gasteiger partial charge on any atom is -0.349 e. The Morgan fingerprint density at radius 1 is 1.44 bits per heavy atom. The number of halogens is 3. The molecule has 1 rings (SSSR count). The lowest BCUT2D eigenvalue weighted by molar-refractivity contribution is 0.0924. The van der Waals surface area contributed by atoms with Crippen LogP contribution in [0.1, 0.15) is 30.6 Å². The van der Waals surface area contributed by atoms with Crippen molar-refractivity contribution in [2.75, 3.05) is 5.88 Å². The smallest absolute Gasteiger partial charge is 0.251 e. The van der Waals surface area contributed by atoms with E-state index >= 15 is 0 Å². The predicted octanol–water partition coefficient (Wildman–Crippen LogP) is 3.86. The molecule has 0 bridgehead atoms. The molecule has 18 heavy (non-hydrogen) atoms. The Morgan fingerprint density at radius 3 is 2.61 bits per heavy atom. The molecule has 1 aromatic rings. The third-order valence-corrected chi connectivity index (χ3v) is 3.25. The lowest BCUT2D eigenvalue weighted by Crippen LogP contribution is -2.38. The van der Waals surface area contributed by atoms with E-state index in [9.17, 15) is 9.18 Å². The van der Waals surface area contributed by atoms with Crippen molar-refractivity contribution in [1.29, 1.82) is 0 Å². The maximum atomic E-state index is 13.3. The van der Waals surface area contributed by atoms with Crippen LogP contribution in [-0.2, 0) is 0 Å². The first kappa shape index (κ1) is 15.3. The van der Waals surface area contributed by atoms with Gasteiger partial charge in [0.15, 0.2) is 0 Å². The summed E-state index contributed by atoms with van der Waals surface area (Å²) in [6, 6.07) is 3.99. The van der Waals surface area contributed by atoms with Gasteiger partial charge in [-0.2, -0.15) is 0 Å². The molecule has 1 unspecified atom stereocenters. The molecular formula is C13H16Cl2FNO. The topological polar surface area (TPSA) is 29.1 Å². The first-order valence-electron chi connectivity index (χ1n) is 5.77. The Morgan fingerprint density at radius 2 is 2.11 bits per heavy atom. The molecule has 0 spiro atoms. The van der Waals surface area contributed by atoms with E-state index in [-0.39, 0.29) is 28.5 Å². The van der Waals surface area contributed by atoms with E-state index < -0.39 is 5.82 Å². The highest BCUT2D eigenvalue weighted by molar-refractivity contribution is 6.30. The summed E-state index contributed by atoms with van der Waals surface area (Å²) in [6.45, 7) is 4.00. The van der Waals surface area contributed by atoms with Gasteiger partial charge in [0.2, 0.25) is 0 Å². The Hall–Kier alpha value is -0.800. The summed E-state index contributed by atoms with van der Waals surface area (Å²) >= 11 is 11.3. The highest BCUT2D eigenvalue weighted by Crippen LogP contribution is 2.16. The molecular weight excluding hydrogens is 276 g/mol. The normalized spacial score (nSPS) is 12.6. The number of nitrogens with one attached hydrogen (secondary N) is 1. The highest BCUT2D eigenvalue weighted by atomic mass is 35.5. The van der Waals surface area contributed by atoms with Crippen molar-refractivity contribution in [3.8, 4) is 0 Å². The average Bonchev–Trinajstić information content (AvgIpc) is 2.31. The standard InChI is InChI=1S/C13H16Cl2FNO/c1-8(2)12(5-6-14)17-13(18)9-3-4-10(15)11(16)7-9/h3-4,7-8,12H,5-6H2,1-2H3,(H,17,18). The molecule has 1 atom stereocenters. The van der Waals surface area contributed by atoms with E-state index in [1.165, 1.54) is 12.1 Å². The van der Waals surface area contributed by atoms with E-state index in [1.54, 1.807) is 0 Å². The van der Waals surface area contributed by atoms with Gasteiger partial charge in [-0.3, -0.25) is 4.79 Å². The molecule has 0 fully saturated rings. The first-order chi connectivity index (χ1) is 8.45. The van der Waals surface area contributed by atoms with Crippen molar-refractivity contribution in [2.24, 2.45) is 5.92 Å². The van der Waals surface area contributed by atoms with Crippen molar-refractivity contribution in [3.63, 3.8) is 0 Å². The third-order valence-electron chi connectivity index (χ3n) is 2.72. The van der Waals surface area contributed by atoms with Crippen molar-refractivity contribution in [2.45, 2.75) is 26.3 Å². The zero-order valence-corrected chi connectivity index (χ0v) is 11.9. The van der Waals surface area contributed by atoms with E-state index in [0.717, 1.165) is 6.07 Å². The Bertz CT molecular complexity index is 423. The van der Waals surface area contributed by atoms with E-state index in [1.807, 2.05) is 13.8 Å². The molecule has 0 aliphatic heterocycles. The number of carbonyl (C=O) groups excluding carboxylic acids is 1. The Kier molecular flexibility index (Phi) is 5.89. The number of amides is 1. The van der Waals surface area contributed by atoms with Crippen LogP contribution in [0.4, 0.5) is 4.39 Å². The molecule has 100 valence electrons. The van der Waals surface area contributed by atoms with Crippen LogP contribution in [0.3, 0.4) is 0 Å². The maximum absolute atomic E-state index is 13.3. The summed E-state index contributed by atoms with van der Waals surface area (Å²) in [7, 11) is 0. The van der Waals surface area contributed by atoms with Crippen LogP contribution >= 0.6 is 23.2 Å². The molecule has 1 N–H and O–H groups in total. The van der Waals surface area contributed by atoms with Gasteiger partial charge in [0.1, 0.15) is 5.82 Å². The monoisotopic (exact) mass is 291 g/mol. The largest absolute Gasteiger partial charge is 0.349 e. The molecule has 1 amide bonds. The van der Waals surface area contributed by atoms with Gasteiger partial charge in [0.25, 0.3) is 5.91 Å². The van der Waals surface area contributed by atoms with E-state index in [4.69, 9.17) is 23.2 Å². The minimum absolute atomic E-state index is 0.00715. The second-order valence-corrected chi connectivity index (χ2v) is 5.22. The van der Waals surface area contributed by atoms with Gasteiger partial charge < -0.3 is 5.32 Å². The van der Waals surface area contributed by atoms with E-state index in [0.29, 0.717) is 12.3 Å². The van der Waals surface area contributed by atoms with Gasteiger partial charge >= 0.3 is 0 Å². The third kappa shape index (κ3) is 4.14. The van der Waals surface area contributed by atoms with Gasteiger partial charge in [-0.25, -0.2) is 4.39 Å². The van der Waals surface area contributed by atoms with Crippen molar-refractivity contribution in [3.05, 3.63) is 34.6 Å². The number of alkyl halides is 1. The van der Waals surface area contributed by atoms with Gasteiger partial charge in [-0.05, 0) is 30.5 Å². The molecule has 0 aliphatic rings. The molecule has 0 radical (unpaired) electrons. The molecule has 0 saturated heterocycles. The molecule has 0 aromatic heterocycles. The van der Waals surface area contributed by atoms with Gasteiger partial charge in [-0.1, -0.05) is 25.4 Å².